The van der Waals surface area contributed by atoms with Crippen molar-refractivity contribution >= 4 is 5.91 Å². The summed E-state index contributed by atoms with van der Waals surface area (Å²) in [7, 11) is 0. The van der Waals surface area contributed by atoms with E-state index in [0.717, 1.165) is 25.2 Å². The van der Waals surface area contributed by atoms with Gasteiger partial charge in [0.1, 0.15) is 0 Å². The lowest BCUT2D eigenvalue weighted by atomic mass is 10.00. The van der Waals surface area contributed by atoms with Crippen LogP contribution in [0.4, 0.5) is 0 Å². The zero-order chi connectivity index (χ0) is 15.5. The molecule has 3 rings (SSSR count). The fraction of sp³-hybridized carbons (Fsp3) is 0.412. The van der Waals surface area contributed by atoms with Crippen molar-refractivity contribution in [1.29, 1.82) is 0 Å². The summed E-state index contributed by atoms with van der Waals surface area (Å²) in [5.74, 6) is 0.0531. The van der Waals surface area contributed by atoms with E-state index in [-0.39, 0.29) is 11.9 Å². The lowest BCUT2D eigenvalue weighted by Gasteiger charge is -2.36. The Labute approximate surface area is 130 Å². The molecule has 22 heavy (non-hydrogen) atoms. The molecule has 1 aliphatic heterocycles. The second-order valence-electron chi connectivity index (χ2n) is 5.72. The molecule has 0 aliphatic carbocycles. The summed E-state index contributed by atoms with van der Waals surface area (Å²) in [6.45, 7) is 6.35. The van der Waals surface area contributed by atoms with Crippen molar-refractivity contribution in [2.45, 2.75) is 26.3 Å². The zero-order valence-corrected chi connectivity index (χ0v) is 13.1. The van der Waals surface area contributed by atoms with Crippen LogP contribution in [0.1, 0.15) is 40.1 Å². The Morgan fingerprint density at radius 3 is 2.77 bits per heavy atom. The number of rotatable bonds is 3. The molecule has 5 nitrogen and oxygen atoms in total. The number of hydrogen-bond acceptors (Lipinski definition) is 3. The number of aromatic nitrogens is 2. The number of benzene rings is 1. The Hall–Kier alpha value is -2.14. The van der Waals surface area contributed by atoms with E-state index in [2.05, 4.69) is 46.7 Å². The Bertz CT molecular complexity index is 647. The molecule has 1 saturated heterocycles. The summed E-state index contributed by atoms with van der Waals surface area (Å²) < 4.78 is 0. The van der Waals surface area contributed by atoms with E-state index in [1.165, 1.54) is 11.1 Å². The normalized spacial score (nSPS) is 18.5. The molecular formula is C17H22N4O. The van der Waals surface area contributed by atoms with Crippen LogP contribution < -0.4 is 5.32 Å². The van der Waals surface area contributed by atoms with E-state index in [4.69, 9.17) is 0 Å². The minimum absolute atomic E-state index is 0.0531. The van der Waals surface area contributed by atoms with Gasteiger partial charge in [0, 0.05) is 25.3 Å². The van der Waals surface area contributed by atoms with Crippen LogP contribution >= 0.6 is 0 Å². The summed E-state index contributed by atoms with van der Waals surface area (Å²) in [6.07, 6.45) is 2.65. The number of aryl methyl sites for hydroxylation is 2. The average Bonchev–Trinajstić information content (AvgIpc) is 3.00. The third-order valence-electron chi connectivity index (χ3n) is 4.34. The quantitative estimate of drug-likeness (QED) is 0.912. The molecule has 5 heteroatoms. The molecule has 1 aliphatic rings. The molecule has 0 saturated carbocycles. The minimum atomic E-state index is 0.0531. The van der Waals surface area contributed by atoms with Gasteiger partial charge in [0.25, 0.3) is 5.91 Å². The molecule has 1 fully saturated rings. The number of nitrogens with zero attached hydrogens (tertiary/aromatic N) is 2. The maximum absolute atomic E-state index is 12.8. The number of amides is 1. The van der Waals surface area contributed by atoms with Crippen molar-refractivity contribution in [2.24, 2.45) is 0 Å². The van der Waals surface area contributed by atoms with Gasteiger partial charge in [-0.3, -0.25) is 9.89 Å². The largest absolute Gasteiger partial charge is 0.329 e. The van der Waals surface area contributed by atoms with E-state index < -0.39 is 0 Å². The maximum atomic E-state index is 12.8. The Kier molecular flexibility index (Phi) is 4.24. The summed E-state index contributed by atoms with van der Waals surface area (Å²) in [4.78, 5) is 14.8. The maximum Gasteiger partial charge on any atom is 0.257 e. The molecule has 1 atom stereocenters. The molecule has 1 aromatic carbocycles. The predicted molar refractivity (Wildman–Crippen MR) is 85.8 cm³/mol. The minimum Gasteiger partial charge on any atom is -0.329 e. The fourth-order valence-electron chi connectivity index (χ4n) is 2.94. The van der Waals surface area contributed by atoms with Gasteiger partial charge in [0.2, 0.25) is 0 Å². The molecule has 1 aromatic heterocycles. The van der Waals surface area contributed by atoms with Gasteiger partial charge >= 0.3 is 0 Å². The highest BCUT2D eigenvalue weighted by Crippen LogP contribution is 2.25. The van der Waals surface area contributed by atoms with E-state index in [0.29, 0.717) is 12.1 Å². The van der Waals surface area contributed by atoms with Gasteiger partial charge < -0.3 is 10.2 Å². The van der Waals surface area contributed by atoms with Crippen molar-refractivity contribution in [1.82, 2.24) is 20.4 Å². The van der Waals surface area contributed by atoms with Gasteiger partial charge in [-0.1, -0.05) is 31.2 Å². The lowest BCUT2D eigenvalue weighted by molar-refractivity contribution is 0.0633. The number of aromatic amines is 1. The van der Waals surface area contributed by atoms with Crippen molar-refractivity contribution in [3.63, 3.8) is 0 Å². The Morgan fingerprint density at radius 1 is 1.36 bits per heavy atom. The highest BCUT2D eigenvalue weighted by atomic mass is 16.2. The third kappa shape index (κ3) is 2.76. The highest BCUT2D eigenvalue weighted by molar-refractivity contribution is 5.95. The van der Waals surface area contributed by atoms with Gasteiger partial charge in [-0.05, 0) is 24.5 Å². The molecule has 2 heterocycles. The van der Waals surface area contributed by atoms with E-state index in [9.17, 15) is 4.79 Å². The molecule has 2 aromatic rings. The average molecular weight is 298 g/mol. The van der Waals surface area contributed by atoms with Crippen molar-refractivity contribution in [3.05, 3.63) is 52.8 Å². The van der Waals surface area contributed by atoms with Crippen LogP contribution in [0.15, 0.2) is 30.5 Å². The van der Waals surface area contributed by atoms with Crippen LogP contribution in [0.5, 0.6) is 0 Å². The first-order valence-electron chi connectivity index (χ1n) is 7.81. The molecular weight excluding hydrogens is 276 g/mol. The molecule has 0 bridgehead atoms. The zero-order valence-electron chi connectivity index (χ0n) is 13.1. The van der Waals surface area contributed by atoms with E-state index in [1.54, 1.807) is 6.20 Å². The molecule has 1 amide bonds. The monoisotopic (exact) mass is 298 g/mol. The Morgan fingerprint density at radius 2 is 2.14 bits per heavy atom. The summed E-state index contributed by atoms with van der Waals surface area (Å²) in [5, 5.41) is 10.2. The third-order valence-corrected chi connectivity index (χ3v) is 4.34. The number of hydrogen-bond donors (Lipinski definition) is 2. The predicted octanol–water partition coefficient (Wildman–Crippen LogP) is 2.07. The topological polar surface area (TPSA) is 61.0 Å². The first kappa shape index (κ1) is 14.8. The van der Waals surface area contributed by atoms with Crippen molar-refractivity contribution < 1.29 is 4.79 Å². The van der Waals surface area contributed by atoms with Crippen LogP contribution in [0, 0.1) is 6.92 Å². The SMILES string of the molecule is CCc1ccc(C2CNCCN2C(=O)c2cn[nH]c2C)cc1. The highest BCUT2D eigenvalue weighted by Gasteiger charge is 2.29. The second kappa shape index (κ2) is 6.32. The number of carbonyl (C=O) groups is 1. The Balaban J connectivity index is 1.87. The number of carbonyl (C=O) groups excluding carboxylic acids is 1. The van der Waals surface area contributed by atoms with Crippen LogP contribution in [-0.4, -0.2) is 40.6 Å². The smallest absolute Gasteiger partial charge is 0.257 e. The fourth-order valence-corrected chi connectivity index (χ4v) is 2.94. The van der Waals surface area contributed by atoms with Crippen LogP contribution in [0.2, 0.25) is 0 Å². The van der Waals surface area contributed by atoms with E-state index in [1.807, 2.05) is 11.8 Å². The van der Waals surface area contributed by atoms with Crippen LogP contribution in [0.25, 0.3) is 0 Å². The van der Waals surface area contributed by atoms with Crippen molar-refractivity contribution in [3.8, 4) is 0 Å². The van der Waals surface area contributed by atoms with Gasteiger partial charge in [0.05, 0.1) is 17.8 Å². The van der Waals surface area contributed by atoms with Gasteiger partial charge in [-0.15, -0.1) is 0 Å². The number of nitrogens with one attached hydrogen (secondary N) is 2. The lowest BCUT2D eigenvalue weighted by Crippen LogP contribution is -2.48. The van der Waals surface area contributed by atoms with Gasteiger partial charge in [-0.25, -0.2) is 0 Å². The first-order valence-corrected chi connectivity index (χ1v) is 7.81. The van der Waals surface area contributed by atoms with Crippen molar-refractivity contribution in [2.75, 3.05) is 19.6 Å². The second-order valence-corrected chi connectivity index (χ2v) is 5.72. The van der Waals surface area contributed by atoms with Gasteiger partial charge in [0.15, 0.2) is 0 Å². The summed E-state index contributed by atoms with van der Waals surface area (Å²) >= 11 is 0. The van der Waals surface area contributed by atoms with Crippen LogP contribution in [-0.2, 0) is 6.42 Å². The van der Waals surface area contributed by atoms with Crippen LogP contribution in [0.3, 0.4) is 0 Å². The number of H-pyrrole nitrogens is 1. The standard InChI is InChI=1S/C17H22N4O/c1-3-13-4-6-14(7-5-13)16-11-18-8-9-21(16)17(22)15-10-19-20-12(15)2/h4-7,10,16,18H,3,8-9,11H2,1-2H3,(H,19,20). The van der Waals surface area contributed by atoms with E-state index >= 15 is 0 Å². The molecule has 2 N–H and O–H groups in total. The molecule has 0 radical (unpaired) electrons. The first-order chi connectivity index (χ1) is 10.7. The molecule has 116 valence electrons. The summed E-state index contributed by atoms with van der Waals surface area (Å²) in [5.41, 5.74) is 3.98. The summed E-state index contributed by atoms with van der Waals surface area (Å²) in [6, 6.07) is 8.64. The molecule has 0 spiro atoms. The molecule has 1 unspecified atom stereocenters. The van der Waals surface area contributed by atoms with Gasteiger partial charge in [-0.2, -0.15) is 5.10 Å². The number of piperazine rings is 1.